The number of para-hydroxylation sites is 1. The molecular formula is C17H24N4O. The van der Waals surface area contributed by atoms with Crippen LogP contribution in [0.4, 0.5) is 11.4 Å². The molecule has 0 bridgehead atoms. The van der Waals surface area contributed by atoms with E-state index >= 15 is 0 Å². The summed E-state index contributed by atoms with van der Waals surface area (Å²) in [6.45, 7) is 2.09. The van der Waals surface area contributed by atoms with Gasteiger partial charge >= 0.3 is 0 Å². The van der Waals surface area contributed by atoms with E-state index in [1.165, 1.54) is 7.05 Å². The van der Waals surface area contributed by atoms with Gasteiger partial charge in [-0.15, -0.1) is 0 Å². The van der Waals surface area contributed by atoms with Gasteiger partial charge < -0.3 is 15.8 Å². The summed E-state index contributed by atoms with van der Waals surface area (Å²) in [4.78, 5) is 8.94. The van der Waals surface area contributed by atoms with E-state index in [-0.39, 0.29) is 0 Å². The summed E-state index contributed by atoms with van der Waals surface area (Å²) in [7, 11) is 4.98. The summed E-state index contributed by atoms with van der Waals surface area (Å²) in [5.41, 5.74) is 8.33. The number of hydrogen-bond acceptors (Lipinski definition) is 5. The van der Waals surface area contributed by atoms with Crippen LogP contribution < -0.4 is 15.8 Å². The van der Waals surface area contributed by atoms with Crippen LogP contribution in [0.5, 0.6) is 5.88 Å². The molecule has 1 aromatic heterocycles. The molecule has 0 unspecified atom stereocenters. The van der Waals surface area contributed by atoms with Crippen molar-refractivity contribution in [1.29, 1.82) is 0 Å². The number of nitrogens with two attached hydrogens (primary N) is 1. The monoisotopic (exact) mass is 300 g/mol. The second kappa shape index (κ2) is 9.52. The Hall–Kier alpha value is -2.40. The molecule has 22 heavy (non-hydrogen) atoms. The second-order valence-corrected chi connectivity index (χ2v) is 4.24. The number of aromatic nitrogens is 1. The quantitative estimate of drug-likeness (QED) is 0.831. The number of hydrogen-bond donors (Lipinski definition) is 2. The number of anilines is 1. The van der Waals surface area contributed by atoms with Crippen LogP contribution in [-0.4, -0.2) is 31.9 Å². The van der Waals surface area contributed by atoms with Crippen LogP contribution in [-0.2, 0) is 0 Å². The van der Waals surface area contributed by atoms with E-state index in [4.69, 9.17) is 9.73 Å². The molecular weight excluding hydrogens is 276 g/mol. The maximum atomic E-state index is 5.29. The molecule has 1 aromatic carbocycles. The van der Waals surface area contributed by atoms with Crippen molar-refractivity contribution in [3.63, 3.8) is 0 Å². The van der Waals surface area contributed by atoms with Gasteiger partial charge in [-0.2, -0.15) is 0 Å². The average Bonchev–Trinajstić information content (AvgIpc) is 2.61. The fraction of sp³-hybridized carbons (Fsp3) is 0.294. The Morgan fingerprint density at radius 2 is 1.91 bits per heavy atom. The number of nitrogens with zero attached hydrogens (tertiary/aromatic N) is 2. The normalized spacial score (nSPS) is 10.5. The maximum Gasteiger partial charge on any atom is 0.237 e. The third-order valence-electron chi connectivity index (χ3n) is 3.03. The molecule has 0 aliphatic carbocycles. The van der Waals surface area contributed by atoms with Gasteiger partial charge in [-0.3, -0.25) is 4.99 Å². The first-order valence-electron chi connectivity index (χ1n) is 7.21. The lowest BCUT2D eigenvalue weighted by Crippen LogP contribution is -2.06. The summed E-state index contributed by atoms with van der Waals surface area (Å²) >= 11 is 0. The molecule has 0 aliphatic rings. The molecule has 1 heterocycles. The number of pyridine rings is 1. The Morgan fingerprint density at radius 3 is 2.45 bits per heavy atom. The Labute approximate surface area is 132 Å². The van der Waals surface area contributed by atoms with Crippen LogP contribution in [0.1, 0.15) is 18.9 Å². The van der Waals surface area contributed by atoms with E-state index in [9.17, 15) is 0 Å². The number of benzene rings is 1. The molecule has 5 heteroatoms. The lowest BCUT2D eigenvalue weighted by molar-refractivity contribution is 0.400. The SMILES string of the molecule is CCC(=Nc1ccccc1)c1ccnc(OC)c1NC.CN. The molecule has 118 valence electrons. The molecule has 2 rings (SSSR count). The molecule has 0 aliphatic heterocycles. The minimum atomic E-state index is 0.583. The van der Waals surface area contributed by atoms with Gasteiger partial charge in [0.25, 0.3) is 0 Å². The van der Waals surface area contributed by atoms with Gasteiger partial charge in [0.05, 0.1) is 18.5 Å². The molecule has 0 fully saturated rings. The van der Waals surface area contributed by atoms with Crippen molar-refractivity contribution in [2.75, 3.05) is 26.5 Å². The number of ether oxygens (including phenoxy) is 1. The highest BCUT2D eigenvalue weighted by molar-refractivity contribution is 6.06. The van der Waals surface area contributed by atoms with Crippen molar-refractivity contribution in [1.82, 2.24) is 4.98 Å². The highest BCUT2D eigenvalue weighted by Gasteiger charge is 2.12. The summed E-state index contributed by atoms with van der Waals surface area (Å²) in [6.07, 6.45) is 2.57. The van der Waals surface area contributed by atoms with Gasteiger partial charge in [0.1, 0.15) is 5.69 Å². The van der Waals surface area contributed by atoms with Gasteiger partial charge in [0.2, 0.25) is 5.88 Å². The zero-order valence-corrected chi connectivity index (χ0v) is 13.6. The first-order chi connectivity index (χ1) is 10.8. The van der Waals surface area contributed by atoms with Crippen LogP contribution in [0.25, 0.3) is 0 Å². The molecule has 2 aromatic rings. The largest absolute Gasteiger partial charge is 0.480 e. The third-order valence-corrected chi connectivity index (χ3v) is 3.03. The van der Waals surface area contributed by atoms with Crippen molar-refractivity contribution >= 4 is 17.1 Å². The zero-order valence-electron chi connectivity index (χ0n) is 13.6. The van der Waals surface area contributed by atoms with Gasteiger partial charge in [0, 0.05) is 18.8 Å². The molecule has 0 atom stereocenters. The van der Waals surface area contributed by atoms with E-state index in [0.717, 1.165) is 29.1 Å². The van der Waals surface area contributed by atoms with Gasteiger partial charge in [0.15, 0.2) is 0 Å². The predicted molar refractivity (Wildman–Crippen MR) is 93.4 cm³/mol. The maximum absolute atomic E-state index is 5.29. The number of rotatable bonds is 5. The van der Waals surface area contributed by atoms with Crippen LogP contribution in [0.3, 0.4) is 0 Å². The average molecular weight is 300 g/mol. The third kappa shape index (κ3) is 4.30. The summed E-state index contributed by atoms with van der Waals surface area (Å²) in [6, 6.07) is 11.9. The van der Waals surface area contributed by atoms with E-state index in [1.54, 1.807) is 13.3 Å². The molecule has 5 nitrogen and oxygen atoms in total. The Morgan fingerprint density at radius 1 is 1.23 bits per heavy atom. The van der Waals surface area contributed by atoms with Crippen LogP contribution >= 0.6 is 0 Å². The van der Waals surface area contributed by atoms with Crippen molar-refractivity contribution in [2.24, 2.45) is 10.7 Å². The minimum absolute atomic E-state index is 0.583. The lowest BCUT2D eigenvalue weighted by Gasteiger charge is -2.13. The van der Waals surface area contributed by atoms with Gasteiger partial charge in [-0.1, -0.05) is 25.1 Å². The smallest absolute Gasteiger partial charge is 0.237 e. The highest BCUT2D eigenvalue weighted by atomic mass is 16.5. The molecule has 0 amide bonds. The summed E-state index contributed by atoms with van der Waals surface area (Å²) in [5.74, 6) is 0.583. The fourth-order valence-electron chi connectivity index (χ4n) is 2.07. The Balaban J connectivity index is 0.00000116. The van der Waals surface area contributed by atoms with Crippen LogP contribution in [0.15, 0.2) is 47.6 Å². The first kappa shape index (κ1) is 17.7. The molecule has 3 N–H and O–H groups in total. The van der Waals surface area contributed by atoms with Crippen LogP contribution in [0, 0.1) is 0 Å². The molecule has 0 saturated heterocycles. The number of aliphatic imine (C=N–C) groups is 1. The minimum Gasteiger partial charge on any atom is -0.480 e. The standard InChI is InChI=1S/C16H19N3O.CH5N/c1-4-14(19-12-8-6-5-7-9-12)13-10-11-18-16(20-3)15(13)17-2;1-2/h5-11,17H,4H2,1-3H3;2H2,1H3. The van der Waals surface area contributed by atoms with Gasteiger partial charge in [-0.05, 0) is 31.7 Å². The van der Waals surface area contributed by atoms with Gasteiger partial charge in [-0.25, -0.2) is 4.98 Å². The van der Waals surface area contributed by atoms with E-state index in [1.807, 2.05) is 43.4 Å². The molecule has 0 radical (unpaired) electrons. The fourth-order valence-corrected chi connectivity index (χ4v) is 2.07. The van der Waals surface area contributed by atoms with Crippen molar-refractivity contribution < 1.29 is 4.74 Å². The lowest BCUT2D eigenvalue weighted by atomic mass is 10.1. The van der Waals surface area contributed by atoms with Crippen molar-refractivity contribution in [2.45, 2.75) is 13.3 Å². The van der Waals surface area contributed by atoms with Crippen LogP contribution in [0.2, 0.25) is 0 Å². The van der Waals surface area contributed by atoms with Crippen molar-refractivity contribution in [3.8, 4) is 5.88 Å². The predicted octanol–water partition coefficient (Wildman–Crippen LogP) is 3.24. The zero-order chi connectivity index (χ0) is 16.4. The molecule has 0 saturated carbocycles. The number of methoxy groups -OCH3 is 1. The first-order valence-corrected chi connectivity index (χ1v) is 7.21. The highest BCUT2D eigenvalue weighted by Crippen LogP contribution is 2.27. The topological polar surface area (TPSA) is 72.5 Å². The van der Waals surface area contributed by atoms with E-state index in [2.05, 4.69) is 23.0 Å². The Kier molecular flexibility index (Phi) is 7.64. The summed E-state index contributed by atoms with van der Waals surface area (Å²) < 4.78 is 5.29. The van der Waals surface area contributed by atoms with Crippen molar-refractivity contribution in [3.05, 3.63) is 48.2 Å². The second-order valence-electron chi connectivity index (χ2n) is 4.24. The molecule has 0 spiro atoms. The Bertz CT molecular complexity index is 597. The van der Waals surface area contributed by atoms with E-state index in [0.29, 0.717) is 5.88 Å². The van der Waals surface area contributed by atoms with E-state index < -0.39 is 0 Å². The number of nitrogens with one attached hydrogen (secondary N) is 1. The summed E-state index contributed by atoms with van der Waals surface area (Å²) in [5, 5.41) is 3.15.